The quantitative estimate of drug-likeness (QED) is 0.110. The number of rotatable bonds is 14. The van der Waals surface area contributed by atoms with Gasteiger partial charge in [0.2, 0.25) is 0 Å². The van der Waals surface area contributed by atoms with Crippen molar-refractivity contribution in [2.24, 2.45) is 0 Å². The Balaban J connectivity index is 0.000000192. The number of fused-ring (bicyclic) bond motifs is 6. The number of benzene rings is 10. The summed E-state index contributed by atoms with van der Waals surface area (Å²) < 4.78 is 20.0. The van der Waals surface area contributed by atoms with Gasteiger partial charge in [-0.3, -0.25) is 0 Å². The fourth-order valence-electron chi connectivity index (χ4n) is 12.6. The zero-order chi connectivity index (χ0) is 65.1. The Bertz CT molecular complexity index is 4210. The molecule has 10 aromatic carbocycles. The third-order valence-corrected chi connectivity index (χ3v) is 16.7. The molecule has 0 aliphatic rings. The van der Waals surface area contributed by atoms with E-state index in [0.717, 1.165) is 99.5 Å². The summed E-state index contributed by atoms with van der Waals surface area (Å²) >= 11 is 0.230. The molecule has 0 bridgehead atoms. The summed E-state index contributed by atoms with van der Waals surface area (Å²) in [5.41, 5.74) is 16.5. The van der Waals surface area contributed by atoms with Crippen molar-refractivity contribution in [3.63, 3.8) is 0 Å². The van der Waals surface area contributed by atoms with Crippen LogP contribution in [0.25, 0.3) is 77.2 Å². The van der Waals surface area contributed by atoms with E-state index in [1.54, 1.807) is 14.2 Å². The molecule has 0 saturated carbocycles. The van der Waals surface area contributed by atoms with Gasteiger partial charge < -0.3 is 48.8 Å². The summed E-state index contributed by atoms with van der Waals surface area (Å²) in [7, 11) is 3.35. The van der Waals surface area contributed by atoms with Gasteiger partial charge >= 0.3 is 32.5 Å². The van der Waals surface area contributed by atoms with Crippen LogP contribution in [0.1, 0.15) is 74.9 Å². The normalized spacial score (nSPS) is 11.6. The number of ether oxygens (including phenoxy) is 2. The third kappa shape index (κ3) is 13.2. The van der Waals surface area contributed by atoms with Crippen molar-refractivity contribution < 1.29 is 53.1 Å². The maximum absolute atomic E-state index is 14.0. The van der Waals surface area contributed by atoms with Crippen molar-refractivity contribution in [2.45, 2.75) is 89.3 Å². The second-order valence-corrected chi connectivity index (χ2v) is 28.2. The average Bonchev–Trinajstić information content (AvgIpc) is 1.65. The first-order chi connectivity index (χ1) is 43.6. The van der Waals surface area contributed by atoms with Gasteiger partial charge in [-0.1, -0.05) is 198 Å². The summed E-state index contributed by atoms with van der Waals surface area (Å²) in [5.74, 6) is 0.383. The van der Waals surface area contributed by atoms with Gasteiger partial charge in [0, 0.05) is 71.4 Å². The number of phenolic OH excluding ortho intramolecular Hbond substituents is 2. The summed E-state index contributed by atoms with van der Waals surface area (Å²) in [6.07, 6.45) is 0. The Morgan fingerprint density at radius 1 is 0.396 bits per heavy atom. The molecule has 2 heterocycles. The van der Waals surface area contributed by atoms with Crippen LogP contribution in [-0.4, -0.2) is 59.9 Å². The Morgan fingerprint density at radius 2 is 0.681 bits per heavy atom. The first kappa shape index (κ1) is 65.4. The summed E-state index contributed by atoms with van der Waals surface area (Å²) in [6.45, 7) is 22.4. The van der Waals surface area contributed by atoms with Crippen LogP contribution in [0.5, 0.6) is 23.0 Å². The minimum absolute atomic E-state index is 0.0293. The topological polar surface area (TPSA) is 121 Å². The molecule has 0 unspecified atom stereocenters. The first-order valence-electron chi connectivity index (χ1n) is 31.2. The van der Waals surface area contributed by atoms with E-state index in [1.807, 2.05) is 173 Å². The Hall–Kier alpha value is -8.60. The molecule has 12 aromatic rings. The molecule has 0 atom stereocenters. The van der Waals surface area contributed by atoms with Crippen molar-refractivity contribution in [3.05, 3.63) is 228 Å². The third-order valence-electron chi connectivity index (χ3n) is 16.7. The van der Waals surface area contributed by atoms with Crippen molar-refractivity contribution in [2.75, 3.05) is 50.3 Å². The minimum atomic E-state index is -0.297. The van der Waals surface area contributed by atoms with Gasteiger partial charge in [0.05, 0.1) is 58.0 Å². The van der Waals surface area contributed by atoms with Gasteiger partial charge in [-0.25, -0.2) is 0 Å². The summed E-state index contributed by atoms with van der Waals surface area (Å²) in [6, 6.07) is 65.1. The number of phenols is 2. The molecule has 0 aliphatic heterocycles. The van der Waals surface area contributed by atoms with E-state index in [-0.39, 0.29) is 57.1 Å². The van der Waals surface area contributed by atoms with Crippen LogP contribution in [-0.2, 0) is 43.5 Å². The number of nitrogens with zero attached hydrogens (tertiary/aromatic N) is 4. The molecule has 0 amide bonds. The van der Waals surface area contributed by atoms with E-state index in [1.165, 1.54) is 0 Å². The molecule has 2 N–H and O–H groups in total. The number of hydrogen-bond donors (Lipinski definition) is 2. The SMILES string of the molecule is COCCN(c1ccccc1-c1cc(C)cc(C(C)(C)C)c1[O-])c1cc(C)cc(-n2c3ccccc3c3ccccc32)c1O.COCCN(c1ccccc1-c1cc(C)cc(C(C)(C)C)c1[O-])c1cc(C)cc(-n2c3ccccc3c3ccccc32)c1O.[CH3][Zr+2][CH3]. The first-order valence-corrected chi connectivity index (χ1v) is 36.1. The Kier molecular flexibility index (Phi) is 19.7. The number of anilines is 4. The van der Waals surface area contributed by atoms with Crippen LogP contribution in [0.2, 0.25) is 9.26 Å². The van der Waals surface area contributed by atoms with Crippen molar-refractivity contribution >= 4 is 66.4 Å². The van der Waals surface area contributed by atoms with Gasteiger partial charge in [-0.2, -0.15) is 0 Å². The molecular formula is C80H84N4O6Zr. The van der Waals surface area contributed by atoms with E-state index in [4.69, 9.17) is 9.47 Å². The second-order valence-electron chi connectivity index (χ2n) is 25.7. The molecular weight excluding hydrogens is 1200 g/mol. The molecule has 0 aliphatic carbocycles. The number of methoxy groups -OCH3 is 2. The fourth-order valence-corrected chi connectivity index (χ4v) is 12.6. The van der Waals surface area contributed by atoms with Gasteiger partial charge in [0.25, 0.3) is 0 Å². The number of aromatic nitrogens is 2. The summed E-state index contributed by atoms with van der Waals surface area (Å²) in [4.78, 5) is 4.16. The van der Waals surface area contributed by atoms with E-state index < -0.39 is 0 Å². The van der Waals surface area contributed by atoms with E-state index in [9.17, 15) is 20.4 Å². The number of aryl methyl sites for hydroxylation is 4. The van der Waals surface area contributed by atoms with Crippen LogP contribution in [0.15, 0.2) is 194 Å². The van der Waals surface area contributed by atoms with Crippen molar-refractivity contribution in [3.8, 4) is 56.6 Å². The Morgan fingerprint density at radius 3 is 0.989 bits per heavy atom. The molecule has 0 saturated heterocycles. The van der Waals surface area contributed by atoms with E-state index >= 15 is 0 Å². The maximum atomic E-state index is 14.0. The molecule has 464 valence electrons. The predicted octanol–water partition coefficient (Wildman–Crippen LogP) is 19.0. The molecule has 0 spiro atoms. The number of aromatic hydroxyl groups is 2. The van der Waals surface area contributed by atoms with E-state index in [0.29, 0.717) is 60.2 Å². The standard InChI is InChI=1S/2C39H40N2O3.2CH3.Zr/c2*1-25-21-30(37(42)31(22-25)39(3,4)5)29-15-7-10-16-32(29)40(19-20-44-6)35-23-26(2)24-36(38(35)43)41-33-17-11-8-13-27(33)28-14-9-12-18-34(28)41;;;/h2*7-18,21-24,42-43H,19-20H2,1-6H3;2*1H3;/q;;;;+2/p-2. The van der Waals surface area contributed by atoms with Gasteiger partial charge in [0.15, 0.2) is 11.5 Å². The van der Waals surface area contributed by atoms with Crippen LogP contribution in [0.3, 0.4) is 0 Å². The average molecular weight is 1290 g/mol. The van der Waals surface area contributed by atoms with Crippen LogP contribution in [0, 0.1) is 27.7 Å². The Labute approximate surface area is 548 Å². The zero-order valence-electron chi connectivity index (χ0n) is 55.1. The van der Waals surface area contributed by atoms with Crippen molar-refractivity contribution in [1.82, 2.24) is 9.13 Å². The van der Waals surface area contributed by atoms with E-state index in [2.05, 4.69) is 118 Å². The van der Waals surface area contributed by atoms with Crippen molar-refractivity contribution in [1.29, 1.82) is 0 Å². The van der Waals surface area contributed by atoms with Gasteiger partial charge in [-0.05, 0) is 133 Å². The number of para-hydroxylation sites is 6. The van der Waals surface area contributed by atoms with Crippen LogP contribution >= 0.6 is 0 Å². The molecule has 11 heteroatoms. The van der Waals surface area contributed by atoms with Gasteiger partial charge in [-0.15, -0.1) is 0 Å². The monoisotopic (exact) mass is 1290 g/mol. The molecule has 0 fully saturated rings. The molecule has 91 heavy (non-hydrogen) atoms. The predicted molar refractivity (Wildman–Crippen MR) is 373 cm³/mol. The molecule has 2 aromatic heterocycles. The number of hydrogen-bond acceptors (Lipinski definition) is 8. The van der Waals surface area contributed by atoms with Crippen LogP contribution in [0.4, 0.5) is 22.7 Å². The second kappa shape index (κ2) is 27.5. The molecule has 0 radical (unpaired) electrons. The fraction of sp³-hybridized carbons (Fsp3) is 0.250. The molecule has 12 rings (SSSR count). The van der Waals surface area contributed by atoms with Crippen LogP contribution < -0.4 is 20.0 Å². The summed E-state index contributed by atoms with van der Waals surface area (Å²) in [5, 5.41) is 56.8. The molecule has 10 nitrogen and oxygen atoms in total. The zero-order valence-corrected chi connectivity index (χ0v) is 57.6. The van der Waals surface area contributed by atoms with Gasteiger partial charge in [0.1, 0.15) is 0 Å².